The third-order valence-electron chi connectivity index (χ3n) is 5.16. The van der Waals surface area contributed by atoms with Crippen LogP contribution in [0.2, 0.25) is 0 Å². The van der Waals surface area contributed by atoms with Gasteiger partial charge in [-0.1, -0.05) is 12.1 Å². The van der Waals surface area contributed by atoms with Crippen molar-refractivity contribution in [3.05, 3.63) is 53.6 Å². The molecule has 2 N–H and O–H groups in total. The predicted molar refractivity (Wildman–Crippen MR) is 99.4 cm³/mol. The van der Waals surface area contributed by atoms with Crippen molar-refractivity contribution in [2.75, 3.05) is 20.2 Å². The molecule has 7 heteroatoms. The zero-order chi connectivity index (χ0) is 19.4. The van der Waals surface area contributed by atoms with Gasteiger partial charge >= 0.3 is 5.97 Å². The number of aliphatic hydroxyl groups is 1. The lowest BCUT2D eigenvalue weighted by molar-refractivity contribution is -0.163. The van der Waals surface area contributed by atoms with Crippen LogP contribution in [0.25, 0.3) is 0 Å². The Balaban J connectivity index is 1.82. The standard InChI is InChI=1S/C20H25N3O4/c1-14-10-22-16(11-21-14)12-23-7-6-18(24)20(13-23,19(25)26)9-15-4-3-5-17(8-15)27-2/h3-5,8,10-11,18,24H,6-7,9,12-13H2,1-2H3,(H,25,26)/t18-,20-/m1/s1. The third-order valence-corrected chi connectivity index (χ3v) is 5.16. The molecule has 0 aliphatic carbocycles. The fraction of sp³-hybridized carbons (Fsp3) is 0.450. The van der Waals surface area contributed by atoms with E-state index in [0.717, 1.165) is 17.0 Å². The Hall–Kier alpha value is -2.51. The summed E-state index contributed by atoms with van der Waals surface area (Å²) < 4.78 is 5.24. The van der Waals surface area contributed by atoms with Gasteiger partial charge in [0.25, 0.3) is 0 Å². The molecule has 3 rings (SSSR count). The Labute approximate surface area is 158 Å². The molecule has 1 fully saturated rings. The second kappa shape index (κ2) is 8.02. The third kappa shape index (κ3) is 4.26. The van der Waals surface area contributed by atoms with Crippen LogP contribution in [0.15, 0.2) is 36.7 Å². The lowest BCUT2D eigenvalue weighted by atomic mass is 9.72. The van der Waals surface area contributed by atoms with Crippen LogP contribution in [0, 0.1) is 12.3 Å². The topological polar surface area (TPSA) is 95.8 Å². The van der Waals surface area contributed by atoms with Crippen molar-refractivity contribution in [3.63, 3.8) is 0 Å². The summed E-state index contributed by atoms with van der Waals surface area (Å²) in [6.45, 7) is 3.24. The summed E-state index contributed by atoms with van der Waals surface area (Å²) in [7, 11) is 1.58. The summed E-state index contributed by atoms with van der Waals surface area (Å²) in [6.07, 6.45) is 3.13. The minimum absolute atomic E-state index is 0.233. The number of benzene rings is 1. The highest BCUT2D eigenvalue weighted by molar-refractivity contribution is 5.76. The monoisotopic (exact) mass is 371 g/mol. The first-order chi connectivity index (χ1) is 12.9. The molecule has 1 aliphatic heterocycles. The molecule has 2 atom stereocenters. The molecule has 0 radical (unpaired) electrons. The number of aliphatic carboxylic acids is 1. The number of methoxy groups -OCH3 is 1. The number of carbonyl (C=O) groups is 1. The number of aliphatic hydroxyl groups excluding tert-OH is 1. The quantitative estimate of drug-likeness (QED) is 0.797. The van der Waals surface area contributed by atoms with Crippen molar-refractivity contribution in [1.29, 1.82) is 0 Å². The van der Waals surface area contributed by atoms with Crippen molar-refractivity contribution < 1.29 is 19.7 Å². The van der Waals surface area contributed by atoms with Crippen LogP contribution in [-0.2, 0) is 17.8 Å². The van der Waals surface area contributed by atoms with Crippen LogP contribution in [0.3, 0.4) is 0 Å². The fourth-order valence-electron chi connectivity index (χ4n) is 3.64. The van der Waals surface area contributed by atoms with Gasteiger partial charge < -0.3 is 14.9 Å². The number of nitrogens with zero attached hydrogens (tertiary/aromatic N) is 3. The van der Waals surface area contributed by atoms with Gasteiger partial charge in [0.1, 0.15) is 11.2 Å². The van der Waals surface area contributed by atoms with Crippen LogP contribution < -0.4 is 4.74 Å². The fourth-order valence-corrected chi connectivity index (χ4v) is 3.64. The van der Waals surface area contributed by atoms with Gasteiger partial charge in [0.05, 0.1) is 24.6 Å². The van der Waals surface area contributed by atoms with Crippen LogP contribution >= 0.6 is 0 Å². The van der Waals surface area contributed by atoms with Crippen LogP contribution in [0.4, 0.5) is 0 Å². The molecule has 1 aromatic carbocycles. The Morgan fingerprint density at radius 3 is 2.85 bits per heavy atom. The largest absolute Gasteiger partial charge is 0.497 e. The molecular weight excluding hydrogens is 346 g/mol. The first kappa shape index (κ1) is 19.3. The summed E-state index contributed by atoms with van der Waals surface area (Å²) in [5.74, 6) is -0.317. The summed E-state index contributed by atoms with van der Waals surface area (Å²) in [4.78, 5) is 22.9. The van der Waals surface area contributed by atoms with Crippen molar-refractivity contribution in [2.45, 2.75) is 32.4 Å². The van der Waals surface area contributed by atoms with Gasteiger partial charge in [-0.2, -0.15) is 0 Å². The average Bonchev–Trinajstić information content (AvgIpc) is 2.66. The van der Waals surface area contributed by atoms with Crippen LogP contribution in [0.5, 0.6) is 5.75 Å². The van der Waals surface area contributed by atoms with E-state index in [4.69, 9.17) is 4.74 Å². The first-order valence-corrected chi connectivity index (χ1v) is 8.97. The van der Waals surface area contributed by atoms with E-state index >= 15 is 0 Å². The van der Waals surface area contributed by atoms with Crippen molar-refractivity contribution in [2.24, 2.45) is 5.41 Å². The number of rotatable bonds is 6. The number of piperidine rings is 1. The molecule has 7 nitrogen and oxygen atoms in total. The molecule has 0 spiro atoms. The molecule has 0 amide bonds. The summed E-state index contributed by atoms with van der Waals surface area (Å²) >= 11 is 0. The second-order valence-corrected chi connectivity index (χ2v) is 7.15. The van der Waals surface area contributed by atoms with E-state index < -0.39 is 17.5 Å². The molecule has 0 saturated carbocycles. The normalized spacial score (nSPS) is 23.1. The highest BCUT2D eigenvalue weighted by Gasteiger charge is 2.49. The number of hydrogen-bond acceptors (Lipinski definition) is 6. The lowest BCUT2D eigenvalue weighted by Crippen LogP contribution is -2.56. The van der Waals surface area contributed by atoms with E-state index in [1.807, 2.05) is 36.1 Å². The van der Waals surface area contributed by atoms with Crippen molar-refractivity contribution in [3.8, 4) is 5.75 Å². The zero-order valence-electron chi connectivity index (χ0n) is 15.6. The van der Waals surface area contributed by atoms with Crippen LogP contribution in [0.1, 0.15) is 23.4 Å². The minimum atomic E-state index is -1.28. The molecule has 0 unspecified atom stereocenters. The van der Waals surface area contributed by atoms with E-state index in [9.17, 15) is 15.0 Å². The van der Waals surface area contributed by atoms with E-state index in [0.29, 0.717) is 25.3 Å². The maximum absolute atomic E-state index is 12.2. The van der Waals surface area contributed by atoms with Gasteiger partial charge in [-0.15, -0.1) is 0 Å². The highest BCUT2D eigenvalue weighted by Crippen LogP contribution is 2.35. The molecule has 1 aliphatic rings. The number of carboxylic acid groups (broad SMARTS) is 1. The molecular formula is C20H25N3O4. The Bertz CT molecular complexity index is 796. The highest BCUT2D eigenvalue weighted by atomic mass is 16.5. The number of likely N-dealkylation sites (tertiary alicyclic amines) is 1. The number of carboxylic acids is 1. The van der Waals surface area contributed by atoms with Gasteiger partial charge in [0, 0.05) is 32.0 Å². The van der Waals surface area contributed by atoms with Gasteiger partial charge in [-0.25, -0.2) is 0 Å². The maximum atomic E-state index is 12.2. The van der Waals surface area contributed by atoms with Gasteiger partial charge in [0.2, 0.25) is 0 Å². The Kier molecular flexibility index (Phi) is 5.72. The molecule has 2 heterocycles. The number of ether oxygens (including phenoxy) is 1. The lowest BCUT2D eigenvalue weighted by Gasteiger charge is -2.43. The van der Waals surface area contributed by atoms with E-state index in [1.54, 1.807) is 19.5 Å². The van der Waals surface area contributed by atoms with Gasteiger partial charge in [-0.3, -0.25) is 19.7 Å². The Morgan fingerprint density at radius 2 is 2.19 bits per heavy atom. The molecule has 2 aromatic rings. The van der Waals surface area contributed by atoms with Gasteiger partial charge in [0.15, 0.2) is 0 Å². The molecule has 1 saturated heterocycles. The van der Waals surface area contributed by atoms with E-state index in [-0.39, 0.29) is 13.0 Å². The molecule has 0 bridgehead atoms. The molecule has 1 aromatic heterocycles. The van der Waals surface area contributed by atoms with Crippen LogP contribution in [-0.4, -0.2) is 57.4 Å². The predicted octanol–water partition coefficient (Wildman–Crippen LogP) is 1.67. The number of aryl methyl sites for hydroxylation is 1. The van der Waals surface area contributed by atoms with Crippen molar-refractivity contribution >= 4 is 5.97 Å². The average molecular weight is 371 g/mol. The zero-order valence-corrected chi connectivity index (χ0v) is 15.6. The second-order valence-electron chi connectivity index (χ2n) is 7.15. The smallest absolute Gasteiger partial charge is 0.313 e. The SMILES string of the molecule is COc1cccc(C[C@@]2(C(=O)O)CN(Cc3cnc(C)cn3)CC[C@H]2O)c1. The Morgan fingerprint density at radius 1 is 1.37 bits per heavy atom. The number of aromatic nitrogens is 2. The summed E-state index contributed by atoms with van der Waals surface area (Å²) in [6, 6.07) is 7.33. The van der Waals surface area contributed by atoms with Gasteiger partial charge in [-0.05, 0) is 37.5 Å². The number of hydrogen-bond donors (Lipinski definition) is 2. The van der Waals surface area contributed by atoms with E-state index in [2.05, 4.69) is 9.97 Å². The van der Waals surface area contributed by atoms with Crippen molar-refractivity contribution in [1.82, 2.24) is 14.9 Å². The van der Waals surface area contributed by atoms with E-state index in [1.165, 1.54) is 0 Å². The summed E-state index contributed by atoms with van der Waals surface area (Å²) in [5.41, 5.74) is 1.18. The maximum Gasteiger partial charge on any atom is 0.313 e. The summed E-state index contributed by atoms with van der Waals surface area (Å²) in [5, 5.41) is 20.7. The molecule has 144 valence electrons. The first-order valence-electron chi connectivity index (χ1n) is 8.97. The minimum Gasteiger partial charge on any atom is -0.497 e. The molecule has 27 heavy (non-hydrogen) atoms.